The van der Waals surface area contributed by atoms with E-state index in [4.69, 9.17) is 5.26 Å². The molecular formula is C9H12N4. The quantitative estimate of drug-likeness (QED) is 0.689. The van der Waals surface area contributed by atoms with Gasteiger partial charge in [-0.1, -0.05) is 6.08 Å². The zero-order valence-electron chi connectivity index (χ0n) is 7.57. The van der Waals surface area contributed by atoms with Gasteiger partial charge in [0.2, 0.25) is 0 Å². The lowest BCUT2D eigenvalue weighted by molar-refractivity contribution is 0.681. The number of aryl methyl sites for hydroxylation is 1. The summed E-state index contributed by atoms with van der Waals surface area (Å²) in [5.74, 6) is 0. The van der Waals surface area contributed by atoms with Crippen LogP contribution in [0.4, 0.5) is 0 Å². The van der Waals surface area contributed by atoms with Crippen molar-refractivity contribution in [1.29, 1.82) is 5.26 Å². The number of nitrogens with zero attached hydrogens (tertiary/aromatic N) is 3. The Kier molecular flexibility index (Phi) is 3.23. The molecule has 0 bridgehead atoms. The van der Waals surface area contributed by atoms with E-state index in [0.29, 0.717) is 6.54 Å². The summed E-state index contributed by atoms with van der Waals surface area (Å²) in [4.78, 5) is 0. The monoisotopic (exact) mass is 176 g/mol. The van der Waals surface area contributed by atoms with E-state index < -0.39 is 0 Å². The van der Waals surface area contributed by atoms with Crippen molar-refractivity contribution in [3.8, 4) is 6.07 Å². The van der Waals surface area contributed by atoms with Gasteiger partial charge >= 0.3 is 0 Å². The lowest BCUT2D eigenvalue weighted by Gasteiger charge is -2.05. The van der Waals surface area contributed by atoms with Gasteiger partial charge < -0.3 is 0 Å². The molecule has 1 rings (SSSR count). The Balaban J connectivity index is 2.68. The van der Waals surface area contributed by atoms with Crippen molar-refractivity contribution in [1.82, 2.24) is 15.1 Å². The van der Waals surface area contributed by atoms with Crippen LogP contribution in [0.15, 0.2) is 25.0 Å². The van der Waals surface area contributed by atoms with Gasteiger partial charge in [-0.25, -0.2) is 0 Å². The minimum atomic E-state index is -0.299. The van der Waals surface area contributed by atoms with Gasteiger partial charge in [-0.3, -0.25) is 10.00 Å². The summed E-state index contributed by atoms with van der Waals surface area (Å²) in [6, 6.07) is 1.85. The molecule has 0 fully saturated rings. The minimum absolute atomic E-state index is 0.299. The van der Waals surface area contributed by atoms with Crippen LogP contribution in [0.25, 0.3) is 0 Å². The van der Waals surface area contributed by atoms with Crippen LogP contribution in [-0.2, 0) is 7.05 Å². The van der Waals surface area contributed by atoms with Crippen molar-refractivity contribution in [2.45, 2.75) is 6.04 Å². The molecule has 0 aliphatic heterocycles. The van der Waals surface area contributed by atoms with Crippen LogP contribution in [0.5, 0.6) is 0 Å². The van der Waals surface area contributed by atoms with Crippen molar-refractivity contribution in [3.63, 3.8) is 0 Å². The first kappa shape index (κ1) is 9.49. The molecule has 1 heterocycles. The van der Waals surface area contributed by atoms with E-state index in [-0.39, 0.29) is 6.04 Å². The maximum atomic E-state index is 8.83. The summed E-state index contributed by atoms with van der Waals surface area (Å²) in [6.07, 6.45) is 5.23. The second-order valence-electron chi connectivity index (χ2n) is 2.71. The zero-order chi connectivity index (χ0) is 9.68. The van der Waals surface area contributed by atoms with Gasteiger partial charge in [-0.05, 0) is 0 Å². The van der Waals surface area contributed by atoms with Crippen LogP contribution in [0.1, 0.15) is 11.6 Å². The zero-order valence-corrected chi connectivity index (χ0v) is 7.57. The SMILES string of the molecule is C=CCNC(C#N)c1cnn(C)c1. The van der Waals surface area contributed by atoms with E-state index in [0.717, 1.165) is 5.56 Å². The average molecular weight is 176 g/mol. The molecular weight excluding hydrogens is 164 g/mol. The molecule has 4 heteroatoms. The third kappa shape index (κ3) is 2.42. The molecule has 0 aliphatic rings. The maximum Gasteiger partial charge on any atom is 0.124 e. The van der Waals surface area contributed by atoms with Gasteiger partial charge in [0.15, 0.2) is 0 Å². The highest BCUT2D eigenvalue weighted by Crippen LogP contribution is 2.09. The molecule has 0 radical (unpaired) electrons. The number of nitriles is 1. The van der Waals surface area contributed by atoms with Crippen LogP contribution in [-0.4, -0.2) is 16.3 Å². The van der Waals surface area contributed by atoms with Gasteiger partial charge in [0.25, 0.3) is 0 Å². The van der Waals surface area contributed by atoms with Gasteiger partial charge in [-0.15, -0.1) is 6.58 Å². The molecule has 1 N–H and O–H groups in total. The smallest absolute Gasteiger partial charge is 0.124 e. The number of hydrogen-bond acceptors (Lipinski definition) is 3. The van der Waals surface area contributed by atoms with E-state index in [2.05, 4.69) is 23.1 Å². The maximum absolute atomic E-state index is 8.83. The first-order chi connectivity index (χ1) is 6.27. The molecule has 13 heavy (non-hydrogen) atoms. The Labute approximate surface area is 77.5 Å². The molecule has 0 spiro atoms. The lowest BCUT2D eigenvalue weighted by Crippen LogP contribution is -2.19. The summed E-state index contributed by atoms with van der Waals surface area (Å²) in [6.45, 7) is 4.19. The number of nitrogens with one attached hydrogen (secondary N) is 1. The highest BCUT2D eigenvalue weighted by atomic mass is 15.2. The summed E-state index contributed by atoms with van der Waals surface area (Å²) in [5.41, 5.74) is 0.881. The molecule has 0 aliphatic carbocycles. The van der Waals surface area contributed by atoms with Gasteiger partial charge in [0.1, 0.15) is 6.04 Å². The van der Waals surface area contributed by atoms with Crippen LogP contribution in [0, 0.1) is 11.3 Å². The second-order valence-corrected chi connectivity index (χ2v) is 2.71. The Morgan fingerprint density at radius 2 is 2.69 bits per heavy atom. The molecule has 1 unspecified atom stereocenters. The fourth-order valence-corrected chi connectivity index (χ4v) is 1.03. The molecule has 0 amide bonds. The van der Waals surface area contributed by atoms with Crippen LogP contribution in [0.2, 0.25) is 0 Å². The molecule has 0 saturated carbocycles. The standard InChI is InChI=1S/C9H12N4/c1-3-4-11-9(5-10)8-6-12-13(2)7-8/h3,6-7,9,11H,1,4H2,2H3. The Morgan fingerprint density at radius 3 is 3.15 bits per heavy atom. The van der Waals surface area contributed by atoms with E-state index in [1.807, 2.05) is 13.2 Å². The molecule has 0 saturated heterocycles. The third-order valence-corrected chi connectivity index (χ3v) is 1.65. The molecule has 1 aromatic heterocycles. The first-order valence-corrected chi connectivity index (χ1v) is 4.00. The van der Waals surface area contributed by atoms with Crippen LogP contribution >= 0.6 is 0 Å². The van der Waals surface area contributed by atoms with Gasteiger partial charge in [0, 0.05) is 25.4 Å². The van der Waals surface area contributed by atoms with Crippen LogP contribution < -0.4 is 5.32 Å². The largest absolute Gasteiger partial charge is 0.295 e. The average Bonchev–Trinajstić information content (AvgIpc) is 2.54. The van der Waals surface area contributed by atoms with E-state index in [1.165, 1.54) is 0 Å². The highest BCUT2D eigenvalue weighted by Gasteiger charge is 2.09. The molecule has 0 aromatic carbocycles. The van der Waals surface area contributed by atoms with Crippen molar-refractivity contribution >= 4 is 0 Å². The first-order valence-electron chi connectivity index (χ1n) is 4.00. The molecule has 68 valence electrons. The van der Waals surface area contributed by atoms with Gasteiger partial charge in [-0.2, -0.15) is 10.4 Å². The summed E-state index contributed by atoms with van der Waals surface area (Å²) < 4.78 is 1.68. The lowest BCUT2D eigenvalue weighted by atomic mass is 10.2. The second kappa shape index (κ2) is 4.43. The molecule has 1 aromatic rings. The minimum Gasteiger partial charge on any atom is -0.295 e. The summed E-state index contributed by atoms with van der Waals surface area (Å²) in [7, 11) is 1.82. The third-order valence-electron chi connectivity index (χ3n) is 1.65. The van der Waals surface area contributed by atoms with Crippen molar-refractivity contribution in [2.75, 3.05) is 6.54 Å². The normalized spacial score (nSPS) is 12.0. The molecule has 4 nitrogen and oxygen atoms in total. The Bertz CT molecular complexity index is 321. The van der Waals surface area contributed by atoms with Crippen LogP contribution in [0.3, 0.4) is 0 Å². The fraction of sp³-hybridized carbons (Fsp3) is 0.333. The van der Waals surface area contributed by atoms with Gasteiger partial charge in [0.05, 0.1) is 12.3 Å². The summed E-state index contributed by atoms with van der Waals surface area (Å²) in [5, 5.41) is 15.8. The predicted molar refractivity (Wildman–Crippen MR) is 49.8 cm³/mol. The highest BCUT2D eigenvalue weighted by molar-refractivity contribution is 5.17. The molecule has 1 atom stereocenters. The van der Waals surface area contributed by atoms with Crippen molar-refractivity contribution in [2.24, 2.45) is 7.05 Å². The van der Waals surface area contributed by atoms with Crippen molar-refractivity contribution in [3.05, 3.63) is 30.6 Å². The Morgan fingerprint density at radius 1 is 1.92 bits per heavy atom. The number of rotatable bonds is 4. The number of aromatic nitrogens is 2. The summed E-state index contributed by atoms with van der Waals surface area (Å²) >= 11 is 0. The van der Waals surface area contributed by atoms with Crippen molar-refractivity contribution < 1.29 is 0 Å². The predicted octanol–water partition coefficient (Wildman–Crippen LogP) is 0.760. The fourth-order valence-electron chi connectivity index (χ4n) is 1.03. The van der Waals surface area contributed by atoms with E-state index in [9.17, 15) is 0 Å². The Hall–Kier alpha value is -1.60. The van der Waals surface area contributed by atoms with E-state index >= 15 is 0 Å². The number of hydrogen-bond donors (Lipinski definition) is 1. The topological polar surface area (TPSA) is 53.6 Å². The van der Waals surface area contributed by atoms with E-state index in [1.54, 1.807) is 17.0 Å².